The third-order valence-corrected chi connectivity index (χ3v) is 7.33. The fourth-order valence-electron chi connectivity index (χ4n) is 3.76. The molecule has 0 spiro atoms. The summed E-state index contributed by atoms with van der Waals surface area (Å²) in [5.41, 5.74) is 0.413. The maximum absolute atomic E-state index is 13.2. The van der Waals surface area contributed by atoms with Gasteiger partial charge in [-0.1, -0.05) is 41.9 Å². The van der Waals surface area contributed by atoms with Crippen molar-refractivity contribution in [3.8, 4) is 11.1 Å². The highest BCUT2D eigenvalue weighted by Crippen LogP contribution is 2.46. The van der Waals surface area contributed by atoms with Crippen molar-refractivity contribution in [1.29, 1.82) is 0 Å². The summed E-state index contributed by atoms with van der Waals surface area (Å²) < 4.78 is 16.6. The van der Waals surface area contributed by atoms with Crippen LogP contribution in [0.15, 0.2) is 64.4 Å². The van der Waals surface area contributed by atoms with Crippen molar-refractivity contribution in [3.63, 3.8) is 0 Å². The molecular weight excluding hydrogens is 552 g/mol. The van der Waals surface area contributed by atoms with E-state index in [2.05, 4.69) is 9.29 Å². The molecule has 0 saturated carbocycles. The Morgan fingerprint density at radius 2 is 1.81 bits per heavy atom. The van der Waals surface area contributed by atoms with Crippen LogP contribution in [0.3, 0.4) is 0 Å². The van der Waals surface area contributed by atoms with E-state index in [9.17, 15) is 24.7 Å². The van der Waals surface area contributed by atoms with Gasteiger partial charge in [0.25, 0.3) is 5.56 Å². The quantitative estimate of drug-likeness (QED) is 0.229. The summed E-state index contributed by atoms with van der Waals surface area (Å²) in [4.78, 5) is 57.0. The number of aliphatic hydroxyl groups excluding tert-OH is 2. The predicted molar refractivity (Wildman–Crippen MR) is 132 cm³/mol. The second-order valence-electron chi connectivity index (χ2n) is 7.87. The van der Waals surface area contributed by atoms with Crippen LogP contribution in [0.25, 0.3) is 11.1 Å². The lowest BCUT2D eigenvalue weighted by atomic mass is 10.1. The smallest absolute Gasteiger partial charge is 0.337 e. The van der Waals surface area contributed by atoms with Crippen LogP contribution < -0.4 is 11.2 Å². The molecule has 16 heteroatoms. The fraction of sp³-hybridized carbons (Fsp3) is 0.286. The number of hydrogen-bond donors (Lipinski definition) is 5. The first-order chi connectivity index (χ1) is 17.7. The zero-order valence-electron chi connectivity index (χ0n) is 18.8. The van der Waals surface area contributed by atoms with Gasteiger partial charge in [0.2, 0.25) is 0 Å². The molecule has 198 valence electrons. The van der Waals surface area contributed by atoms with Gasteiger partial charge in [0.1, 0.15) is 18.3 Å². The van der Waals surface area contributed by atoms with E-state index in [0.29, 0.717) is 16.3 Å². The van der Waals surface area contributed by atoms with E-state index in [-0.39, 0.29) is 6.54 Å². The topological polar surface area (TPSA) is 186 Å². The highest BCUT2D eigenvalue weighted by atomic mass is 35.5. The predicted octanol–water partition coefficient (Wildman–Crippen LogP) is 0.857. The maximum atomic E-state index is 13.2. The van der Waals surface area contributed by atoms with Crippen molar-refractivity contribution in [2.24, 2.45) is 0 Å². The van der Waals surface area contributed by atoms with Gasteiger partial charge in [-0.25, -0.2) is 9.11 Å². The van der Waals surface area contributed by atoms with E-state index in [1.54, 1.807) is 6.07 Å². The Kier molecular flexibility index (Phi) is 9.17. The van der Waals surface area contributed by atoms with Crippen molar-refractivity contribution in [2.45, 2.75) is 31.1 Å². The van der Waals surface area contributed by atoms with Crippen LogP contribution in [0.2, 0.25) is 5.02 Å². The van der Waals surface area contributed by atoms with Crippen LogP contribution in [-0.2, 0) is 20.1 Å². The van der Waals surface area contributed by atoms with E-state index in [4.69, 9.17) is 30.6 Å². The molecular formula is C21H22ClN3O10P2. The Hall–Kier alpha value is -2.12. The summed E-state index contributed by atoms with van der Waals surface area (Å²) in [5, 5.41) is 21.2. The molecule has 0 radical (unpaired) electrons. The van der Waals surface area contributed by atoms with Gasteiger partial charge in [-0.3, -0.25) is 18.9 Å². The van der Waals surface area contributed by atoms with Gasteiger partial charge in [-0.15, -0.1) is 0 Å². The van der Waals surface area contributed by atoms with E-state index in [1.807, 2.05) is 30.3 Å². The third kappa shape index (κ3) is 6.48. The molecule has 0 bridgehead atoms. The Morgan fingerprint density at radius 3 is 2.51 bits per heavy atom. The summed E-state index contributed by atoms with van der Waals surface area (Å²) in [6.45, 7) is -0.698. The van der Waals surface area contributed by atoms with E-state index in [1.165, 1.54) is 6.20 Å². The zero-order chi connectivity index (χ0) is 26.7. The van der Waals surface area contributed by atoms with Gasteiger partial charge < -0.3 is 34.2 Å². The molecule has 5 unspecified atom stereocenters. The lowest BCUT2D eigenvalue weighted by Gasteiger charge is -2.19. The first-order valence-corrected chi connectivity index (χ1v) is 13.3. The molecule has 4 rings (SSSR count). The van der Waals surface area contributed by atoms with Crippen molar-refractivity contribution < 1.29 is 38.5 Å². The molecule has 0 amide bonds. The summed E-state index contributed by atoms with van der Waals surface area (Å²) in [5.74, 6) is 0. The summed E-state index contributed by atoms with van der Waals surface area (Å²) in [6, 6.07) is 12.0. The van der Waals surface area contributed by atoms with Gasteiger partial charge in [0, 0.05) is 24.0 Å². The summed E-state index contributed by atoms with van der Waals surface area (Å²) >= 11 is 6.30. The number of halogens is 1. The SMILES string of the molecule is O=c1ccn(C2OC(COP(O)OP(O)O)C(O)C2O)c(=O)n1Cc1cc(-c2ccccc2)c(Cl)cn1. The lowest BCUT2D eigenvalue weighted by Crippen LogP contribution is -2.43. The molecule has 3 heterocycles. The average Bonchev–Trinajstić information content (AvgIpc) is 3.15. The number of hydrogen-bond acceptors (Lipinski definition) is 11. The Balaban J connectivity index is 1.56. The number of rotatable bonds is 9. The van der Waals surface area contributed by atoms with Gasteiger partial charge in [0.05, 0.1) is 23.9 Å². The molecule has 1 aliphatic rings. The molecule has 37 heavy (non-hydrogen) atoms. The minimum atomic E-state index is -2.87. The standard InChI is InChI=1S/C21H22ClN3O10P2/c22-15-9-23-13(8-14(15)12-4-2-1-3-5-12)10-25-17(26)6-7-24(21(25)29)20-19(28)18(27)16(34-20)11-33-37(32)35-36(30)31/h1-9,16,18-20,27-28,30-32H,10-11H2. The molecule has 1 aromatic carbocycles. The van der Waals surface area contributed by atoms with Crippen LogP contribution in [0, 0.1) is 0 Å². The molecule has 1 saturated heterocycles. The Labute approximate surface area is 216 Å². The molecule has 5 atom stereocenters. The van der Waals surface area contributed by atoms with Crippen molar-refractivity contribution in [3.05, 3.63) is 86.4 Å². The van der Waals surface area contributed by atoms with Crippen LogP contribution in [0.5, 0.6) is 0 Å². The van der Waals surface area contributed by atoms with Crippen LogP contribution in [0.1, 0.15) is 11.9 Å². The first kappa shape index (κ1) is 27.9. The molecule has 1 fully saturated rings. The molecule has 1 aliphatic heterocycles. The molecule has 2 aromatic heterocycles. The van der Waals surface area contributed by atoms with Crippen molar-refractivity contribution in [2.75, 3.05) is 6.61 Å². The van der Waals surface area contributed by atoms with E-state index < -0.39 is 59.6 Å². The van der Waals surface area contributed by atoms with Gasteiger partial charge >= 0.3 is 22.9 Å². The van der Waals surface area contributed by atoms with E-state index in [0.717, 1.165) is 27.0 Å². The Bertz CT molecular complexity index is 1340. The molecule has 3 aromatic rings. The van der Waals surface area contributed by atoms with E-state index >= 15 is 0 Å². The summed E-state index contributed by atoms with van der Waals surface area (Å²) in [6.07, 6.45) is -3.16. The Morgan fingerprint density at radius 1 is 1.08 bits per heavy atom. The fourth-order valence-corrected chi connectivity index (χ4v) is 4.94. The van der Waals surface area contributed by atoms with Crippen LogP contribution in [0.4, 0.5) is 0 Å². The largest absolute Gasteiger partial charge is 0.387 e. The monoisotopic (exact) mass is 573 g/mol. The number of pyridine rings is 1. The number of aromatic nitrogens is 3. The third-order valence-electron chi connectivity index (χ3n) is 5.52. The molecule has 5 N–H and O–H groups in total. The second kappa shape index (κ2) is 12.2. The molecule has 0 aliphatic carbocycles. The summed E-state index contributed by atoms with van der Waals surface area (Å²) in [7, 11) is -5.55. The average molecular weight is 574 g/mol. The zero-order valence-corrected chi connectivity index (χ0v) is 21.4. The van der Waals surface area contributed by atoms with Gasteiger partial charge in [0.15, 0.2) is 6.23 Å². The number of aliphatic hydroxyl groups is 2. The van der Waals surface area contributed by atoms with Crippen LogP contribution >= 0.6 is 28.8 Å². The first-order valence-electron chi connectivity index (χ1n) is 10.7. The number of nitrogens with zero attached hydrogens (tertiary/aromatic N) is 3. The molecule has 13 nitrogen and oxygen atoms in total. The minimum absolute atomic E-state index is 0.204. The lowest BCUT2D eigenvalue weighted by molar-refractivity contribution is -0.0530. The highest BCUT2D eigenvalue weighted by molar-refractivity contribution is 7.54. The van der Waals surface area contributed by atoms with Crippen LogP contribution in [-0.4, -0.2) is 63.9 Å². The highest BCUT2D eigenvalue weighted by Gasteiger charge is 2.44. The maximum Gasteiger partial charge on any atom is 0.337 e. The number of ether oxygens (including phenoxy) is 1. The number of benzene rings is 1. The normalized spacial score (nSPS) is 22.5. The minimum Gasteiger partial charge on any atom is -0.387 e. The second-order valence-corrected chi connectivity index (χ2v) is 10.2. The van der Waals surface area contributed by atoms with Crippen molar-refractivity contribution >= 4 is 28.8 Å². The van der Waals surface area contributed by atoms with Gasteiger partial charge in [-0.2, -0.15) is 0 Å². The van der Waals surface area contributed by atoms with Crippen molar-refractivity contribution in [1.82, 2.24) is 14.1 Å². The van der Waals surface area contributed by atoms with Gasteiger partial charge in [-0.05, 0) is 11.6 Å².